The number of ether oxygens (including phenoxy) is 4. The Morgan fingerprint density at radius 3 is 2.41 bits per heavy atom. The zero-order valence-electron chi connectivity index (χ0n) is 19.5. The summed E-state index contributed by atoms with van der Waals surface area (Å²) in [5.74, 6) is 1.77. The van der Waals surface area contributed by atoms with Gasteiger partial charge in [0.1, 0.15) is 5.75 Å². The van der Waals surface area contributed by atoms with Crippen molar-refractivity contribution in [2.24, 2.45) is 11.8 Å². The first-order valence-corrected chi connectivity index (χ1v) is 12.2. The van der Waals surface area contributed by atoms with Crippen molar-refractivity contribution in [3.8, 4) is 5.75 Å². The Balaban J connectivity index is 1.22. The van der Waals surface area contributed by atoms with Crippen LogP contribution < -0.4 is 4.74 Å². The van der Waals surface area contributed by atoms with Gasteiger partial charge in [0.2, 0.25) is 0 Å². The second kappa shape index (κ2) is 9.17. The maximum Gasteiger partial charge on any atom is 0.168 e. The molecule has 2 aromatic carbocycles. The van der Waals surface area contributed by atoms with E-state index >= 15 is 0 Å². The van der Waals surface area contributed by atoms with E-state index in [1.54, 1.807) is 18.2 Å². The molecular weight excluding hydrogens is 400 g/mol. The minimum Gasteiger partial charge on any atom is -0.497 e. The van der Waals surface area contributed by atoms with Crippen molar-refractivity contribution in [1.82, 2.24) is 0 Å². The average Bonchev–Trinajstić information content (AvgIpc) is 3.39. The van der Waals surface area contributed by atoms with Gasteiger partial charge >= 0.3 is 0 Å². The molecule has 0 amide bonds. The third-order valence-electron chi connectivity index (χ3n) is 8.04. The Labute approximate surface area is 192 Å². The largest absolute Gasteiger partial charge is 0.497 e. The molecular formula is C28H36O4. The first-order valence-electron chi connectivity index (χ1n) is 12.2. The molecule has 1 aliphatic heterocycles. The van der Waals surface area contributed by atoms with Crippen LogP contribution in [0.4, 0.5) is 0 Å². The van der Waals surface area contributed by atoms with Crippen LogP contribution in [0.1, 0.15) is 55.7 Å². The monoisotopic (exact) mass is 436 g/mol. The Morgan fingerprint density at radius 1 is 0.969 bits per heavy atom. The van der Waals surface area contributed by atoms with Gasteiger partial charge in [-0.3, -0.25) is 0 Å². The van der Waals surface area contributed by atoms with Crippen LogP contribution in [0, 0.1) is 11.8 Å². The van der Waals surface area contributed by atoms with Crippen molar-refractivity contribution in [3.63, 3.8) is 0 Å². The Morgan fingerprint density at radius 2 is 1.69 bits per heavy atom. The molecule has 0 N–H and O–H groups in total. The van der Waals surface area contributed by atoms with E-state index in [0.717, 1.165) is 51.3 Å². The van der Waals surface area contributed by atoms with Crippen LogP contribution in [0.25, 0.3) is 0 Å². The lowest BCUT2D eigenvalue weighted by atomic mass is 9.62. The van der Waals surface area contributed by atoms with E-state index in [-0.39, 0.29) is 11.2 Å². The molecule has 0 bridgehead atoms. The Bertz CT molecular complexity index is 890. The number of rotatable bonds is 7. The van der Waals surface area contributed by atoms with E-state index < -0.39 is 0 Å². The molecule has 4 nitrogen and oxygen atoms in total. The third kappa shape index (κ3) is 4.21. The van der Waals surface area contributed by atoms with Crippen molar-refractivity contribution in [2.45, 2.75) is 63.3 Å². The molecule has 0 radical (unpaired) electrons. The van der Waals surface area contributed by atoms with Crippen LogP contribution in [0.15, 0.2) is 48.5 Å². The van der Waals surface area contributed by atoms with Gasteiger partial charge in [0.25, 0.3) is 0 Å². The van der Waals surface area contributed by atoms with Gasteiger partial charge in [0, 0.05) is 19.4 Å². The van der Waals surface area contributed by atoms with Crippen LogP contribution in [-0.2, 0) is 32.7 Å². The molecule has 1 saturated carbocycles. The highest BCUT2D eigenvalue weighted by atomic mass is 16.7. The molecule has 2 aliphatic carbocycles. The molecule has 0 unspecified atom stereocenters. The Kier molecular flexibility index (Phi) is 6.28. The summed E-state index contributed by atoms with van der Waals surface area (Å²) in [6.07, 6.45) is 6.74. The topological polar surface area (TPSA) is 36.9 Å². The zero-order chi connectivity index (χ0) is 22.0. The van der Waals surface area contributed by atoms with Crippen LogP contribution in [0.2, 0.25) is 0 Å². The molecule has 4 heteroatoms. The fourth-order valence-corrected chi connectivity index (χ4v) is 6.37. The molecule has 0 aromatic heterocycles. The summed E-state index contributed by atoms with van der Waals surface area (Å²) in [5, 5.41) is 0. The summed E-state index contributed by atoms with van der Waals surface area (Å²) in [6.45, 7) is 5.29. The summed E-state index contributed by atoms with van der Waals surface area (Å²) >= 11 is 0. The smallest absolute Gasteiger partial charge is 0.168 e. The summed E-state index contributed by atoms with van der Waals surface area (Å²) in [6, 6.07) is 17.3. The lowest BCUT2D eigenvalue weighted by Crippen LogP contribution is -2.44. The van der Waals surface area contributed by atoms with Gasteiger partial charge in [-0.1, -0.05) is 43.3 Å². The normalized spacial score (nSPS) is 24.0. The molecule has 3 aliphatic rings. The highest BCUT2D eigenvalue weighted by Gasteiger charge is 2.53. The minimum absolute atomic E-state index is 0.265. The third-order valence-corrected chi connectivity index (χ3v) is 8.04. The highest BCUT2D eigenvalue weighted by Crippen LogP contribution is 2.56. The van der Waals surface area contributed by atoms with Crippen molar-refractivity contribution < 1.29 is 18.9 Å². The lowest BCUT2D eigenvalue weighted by molar-refractivity contribution is -0.188. The van der Waals surface area contributed by atoms with E-state index in [1.807, 2.05) is 12.1 Å². The summed E-state index contributed by atoms with van der Waals surface area (Å²) in [5.41, 5.74) is 4.59. The van der Waals surface area contributed by atoms with Gasteiger partial charge in [0.05, 0.1) is 26.9 Å². The van der Waals surface area contributed by atoms with Gasteiger partial charge in [-0.15, -0.1) is 0 Å². The molecule has 1 heterocycles. The highest BCUT2D eigenvalue weighted by molar-refractivity contribution is 5.41. The van der Waals surface area contributed by atoms with Gasteiger partial charge in [-0.25, -0.2) is 0 Å². The second-order valence-corrected chi connectivity index (χ2v) is 10.0. The van der Waals surface area contributed by atoms with Gasteiger partial charge < -0.3 is 18.9 Å². The first kappa shape index (κ1) is 21.9. The second-order valence-electron chi connectivity index (χ2n) is 10.0. The predicted molar refractivity (Wildman–Crippen MR) is 125 cm³/mol. The van der Waals surface area contributed by atoms with E-state index in [0.29, 0.717) is 18.4 Å². The van der Waals surface area contributed by atoms with Gasteiger partial charge in [0.15, 0.2) is 5.79 Å². The maximum absolute atomic E-state index is 6.11. The van der Waals surface area contributed by atoms with Crippen LogP contribution in [-0.4, -0.2) is 32.7 Å². The maximum atomic E-state index is 6.11. The van der Waals surface area contributed by atoms with Crippen molar-refractivity contribution in [2.75, 3.05) is 26.9 Å². The van der Waals surface area contributed by atoms with Gasteiger partial charge in [-0.05, 0) is 71.8 Å². The number of benzene rings is 2. The number of fused-ring (bicyclic) bond motifs is 2. The lowest BCUT2D eigenvalue weighted by Gasteiger charge is -2.46. The Hall–Kier alpha value is -1.88. The fraction of sp³-hybridized carbons (Fsp3) is 0.571. The van der Waals surface area contributed by atoms with Crippen molar-refractivity contribution in [3.05, 3.63) is 65.2 Å². The number of hydrogen-bond donors (Lipinski definition) is 0. The molecule has 2 spiro atoms. The van der Waals surface area contributed by atoms with E-state index in [9.17, 15) is 0 Å². The van der Waals surface area contributed by atoms with E-state index in [1.165, 1.54) is 18.4 Å². The summed E-state index contributed by atoms with van der Waals surface area (Å²) in [7, 11) is 1.70. The van der Waals surface area contributed by atoms with E-state index in [2.05, 4.69) is 43.3 Å². The van der Waals surface area contributed by atoms with Gasteiger partial charge in [-0.2, -0.15) is 0 Å². The molecule has 2 fully saturated rings. The predicted octanol–water partition coefficient (Wildman–Crippen LogP) is 5.67. The fourth-order valence-electron chi connectivity index (χ4n) is 6.37. The average molecular weight is 437 g/mol. The minimum atomic E-state index is -0.305. The molecule has 2 atom stereocenters. The molecule has 1 saturated heterocycles. The molecule has 172 valence electrons. The number of methoxy groups -OCH3 is 1. The van der Waals surface area contributed by atoms with Crippen LogP contribution in [0.3, 0.4) is 0 Å². The standard InChI is InChI=1S/C28H36O4/c1-21(19-30-20-22-7-9-25(29-2)10-8-22)17-24-18-23-5-3-4-6-26(23)27(24)11-13-28(14-12-27)31-15-16-32-28/h3-10,21,24H,11-20H2,1-2H3/t21-,24-/m1/s1. The first-order chi connectivity index (χ1) is 15.6. The summed E-state index contributed by atoms with van der Waals surface area (Å²) in [4.78, 5) is 0. The SMILES string of the molecule is COc1ccc(COC[C@H](C)C[C@@H]2Cc3ccccc3C23CCC2(CC3)OCCO2)cc1. The summed E-state index contributed by atoms with van der Waals surface area (Å²) < 4.78 is 23.5. The molecule has 2 aromatic rings. The molecule has 5 rings (SSSR count). The van der Waals surface area contributed by atoms with Crippen LogP contribution in [0.5, 0.6) is 5.75 Å². The van der Waals surface area contributed by atoms with E-state index in [4.69, 9.17) is 18.9 Å². The number of hydrogen-bond acceptors (Lipinski definition) is 4. The molecule has 32 heavy (non-hydrogen) atoms. The zero-order valence-corrected chi connectivity index (χ0v) is 19.5. The van der Waals surface area contributed by atoms with Crippen LogP contribution >= 0.6 is 0 Å². The van der Waals surface area contributed by atoms with Crippen molar-refractivity contribution >= 4 is 0 Å². The quantitative estimate of drug-likeness (QED) is 0.561. The van der Waals surface area contributed by atoms with Crippen molar-refractivity contribution in [1.29, 1.82) is 0 Å².